The smallest absolute Gasteiger partial charge is 0.254 e. The molecule has 0 aromatic heterocycles. The van der Waals surface area contributed by atoms with E-state index in [1.54, 1.807) is 5.12 Å². The summed E-state index contributed by atoms with van der Waals surface area (Å²) in [7, 11) is 0. The lowest BCUT2D eigenvalue weighted by molar-refractivity contribution is -0.143. The molecule has 0 aromatic rings. The quantitative estimate of drug-likeness (QED) is 0.442. The van der Waals surface area contributed by atoms with Crippen molar-refractivity contribution in [3.63, 3.8) is 0 Å². The fraction of sp³-hybridized carbons (Fsp3) is 0.929. The summed E-state index contributed by atoms with van der Waals surface area (Å²) in [6.07, 6.45) is 6.83. The number of hydrogen-bond donors (Lipinski definition) is 2. The van der Waals surface area contributed by atoms with Gasteiger partial charge in [0.2, 0.25) is 0 Å². The molecule has 1 atom stereocenters. The number of rotatable bonds is 11. The molecule has 4 nitrogen and oxygen atoms in total. The van der Waals surface area contributed by atoms with Gasteiger partial charge in [0.15, 0.2) is 0 Å². The van der Waals surface area contributed by atoms with E-state index in [1.165, 1.54) is 19.3 Å². The van der Waals surface area contributed by atoms with Gasteiger partial charge in [-0.3, -0.25) is 4.79 Å². The molecule has 0 aromatic carbocycles. The van der Waals surface area contributed by atoms with Crippen LogP contribution >= 0.6 is 0 Å². The van der Waals surface area contributed by atoms with Gasteiger partial charge < -0.3 is 0 Å². The van der Waals surface area contributed by atoms with Gasteiger partial charge in [-0.25, -0.2) is 16.0 Å². The molecule has 0 aliphatic heterocycles. The summed E-state index contributed by atoms with van der Waals surface area (Å²) in [5.74, 6) is 0.317. The minimum Gasteiger partial charge on any atom is -0.272 e. The minimum atomic E-state index is 0.139. The molecule has 18 heavy (non-hydrogen) atoms. The largest absolute Gasteiger partial charge is 0.272 e. The third-order valence-corrected chi connectivity index (χ3v) is 3.10. The number of amides is 1. The van der Waals surface area contributed by atoms with Gasteiger partial charge in [0.25, 0.3) is 5.91 Å². The molecular formula is C14H31N3O. The Labute approximate surface area is 112 Å². The maximum absolute atomic E-state index is 12.3. The third-order valence-electron chi connectivity index (χ3n) is 3.10. The van der Waals surface area contributed by atoms with Crippen LogP contribution in [0.4, 0.5) is 0 Å². The van der Waals surface area contributed by atoms with Crippen LogP contribution < -0.4 is 10.9 Å². The lowest BCUT2D eigenvalue weighted by Gasteiger charge is -2.27. The molecule has 0 saturated carbocycles. The number of nitrogens with one attached hydrogen (secondary N) is 2. The molecule has 0 aliphatic carbocycles. The predicted molar refractivity (Wildman–Crippen MR) is 76.7 cm³/mol. The van der Waals surface area contributed by atoms with Crippen molar-refractivity contribution in [1.29, 1.82) is 0 Å². The van der Waals surface area contributed by atoms with E-state index in [1.807, 2.05) is 13.8 Å². The molecule has 0 aliphatic rings. The molecule has 4 heteroatoms. The maximum Gasteiger partial charge on any atom is 0.254 e. The Morgan fingerprint density at radius 2 is 1.61 bits per heavy atom. The zero-order valence-electron chi connectivity index (χ0n) is 12.6. The average molecular weight is 257 g/mol. The summed E-state index contributed by atoms with van der Waals surface area (Å²) in [5, 5.41) is 1.58. The molecule has 0 bridgehead atoms. The van der Waals surface area contributed by atoms with Gasteiger partial charge in [-0.1, -0.05) is 53.4 Å². The van der Waals surface area contributed by atoms with E-state index in [-0.39, 0.29) is 11.8 Å². The molecule has 108 valence electrons. The Balaban J connectivity index is 4.19. The van der Waals surface area contributed by atoms with Crippen LogP contribution in [0.5, 0.6) is 0 Å². The Morgan fingerprint density at radius 1 is 1.00 bits per heavy atom. The van der Waals surface area contributed by atoms with E-state index < -0.39 is 0 Å². The first-order chi connectivity index (χ1) is 8.71. The van der Waals surface area contributed by atoms with E-state index >= 15 is 0 Å². The number of carbonyl (C=O) groups excluding carboxylic acids is 1. The van der Waals surface area contributed by atoms with Crippen molar-refractivity contribution in [2.75, 3.05) is 13.1 Å². The fourth-order valence-electron chi connectivity index (χ4n) is 2.03. The first kappa shape index (κ1) is 17.4. The van der Waals surface area contributed by atoms with Gasteiger partial charge in [-0.05, 0) is 12.8 Å². The summed E-state index contributed by atoms with van der Waals surface area (Å²) >= 11 is 0. The van der Waals surface area contributed by atoms with Crippen molar-refractivity contribution in [3.05, 3.63) is 0 Å². The zero-order valence-corrected chi connectivity index (χ0v) is 12.6. The molecule has 0 rings (SSSR count). The molecule has 2 N–H and O–H groups in total. The molecule has 1 amide bonds. The van der Waals surface area contributed by atoms with Crippen LogP contribution in [-0.4, -0.2) is 24.1 Å². The number of nitrogens with zero attached hydrogens (tertiary/aromatic N) is 1. The van der Waals surface area contributed by atoms with E-state index in [0.717, 1.165) is 32.4 Å². The average Bonchev–Trinajstić information content (AvgIpc) is 2.38. The highest BCUT2D eigenvalue weighted by atomic mass is 16.2. The Morgan fingerprint density at radius 3 is 2.06 bits per heavy atom. The number of carbonyl (C=O) groups is 1. The van der Waals surface area contributed by atoms with Crippen LogP contribution in [0.1, 0.15) is 66.2 Å². The Bertz CT molecular complexity index is 203. The molecule has 0 radical (unpaired) electrons. The SMILES string of the molecule is CCCCCCC(CC)C(=O)N(NCC)NCC. The first-order valence-electron chi connectivity index (χ1n) is 7.52. The molecule has 0 fully saturated rings. The van der Waals surface area contributed by atoms with E-state index in [9.17, 15) is 4.79 Å². The second-order valence-electron chi connectivity index (χ2n) is 4.65. The second-order valence-corrected chi connectivity index (χ2v) is 4.65. The van der Waals surface area contributed by atoms with Crippen LogP contribution in [0.3, 0.4) is 0 Å². The van der Waals surface area contributed by atoms with Crippen molar-refractivity contribution < 1.29 is 4.79 Å². The lowest BCUT2D eigenvalue weighted by Crippen LogP contribution is -2.53. The van der Waals surface area contributed by atoms with Crippen LogP contribution in [0.25, 0.3) is 0 Å². The Hall–Kier alpha value is -0.610. The van der Waals surface area contributed by atoms with Crippen molar-refractivity contribution in [2.45, 2.75) is 66.2 Å². The van der Waals surface area contributed by atoms with Gasteiger partial charge in [0.05, 0.1) is 0 Å². The third kappa shape index (κ3) is 6.97. The number of unbranched alkanes of at least 4 members (excludes halogenated alkanes) is 3. The van der Waals surface area contributed by atoms with Crippen LogP contribution in [0.2, 0.25) is 0 Å². The second kappa shape index (κ2) is 11.5. The van der Waals surface area contributed by atoms with Gasteiger partial charge >= 0.3 is 0 Å². The van der Waals surface area contributed by atoms with E-state index in [2.05, 4.69) is 24.7 Å². The van der Waals surface area contributed by atoms with Crippen LogP contribution in [0.15, 0.2) is 0 Å². The highest BCUT2D eigenvalue weighted by Crippen LogP contribution is 2.16. The summed E-state index contributed by atoms with van der Waals surface area (Å²) in [4.78, 5) is 12.3. The number of hydrazine groups is 2. The van der Waals surface area contributed by atoms with Gasteiger partial charge in [-0.15, -0.1) is 0 Å². The van der Waals surface area contributed by atoms with Crippen molar-refractivity contribution in [1.82, 2.24) is 16.0 Å². The monoisotopic (exact) mass is 257 g/mol. The van der Waals surface area contributed by atoms with E-state index in [0.29, 0.717) is 0 Å². The Kier molecular flexibility index (Phi) is 11.1. The van der Waals surface area contributed by atoms with Crippen molar-refractivity contribution in [2.24, 2.45) is 5.92 Å². The fourth-order valence-corrected chi connectivity index (χ4v) is 2.03. The van der Waals surface area contributed by atoms with Crippen LogP contribution in [-0.2, 0) is 4.79 Å². The summed E-state index contributed by atoms with van der Waals surface area (Å²) in [6, 6.07) is 0. The molecule has 0 heterocycles. The van der Waals surface area contributed by atoms with Gasteiger partial charge in [0, 0.05) is 19.0 Å². The van der Waals surface area contributed by atoms with Gasteiger partial charge in [0.1, 0.15) is 0 Å². The first-order valence-corrected chi connectivity index (χ1v) is 7.52. The summed E-state index contributed by atoms with van der Waals surface area (Å²) in [6.45, 7) is 9.81. The molecule has 0 saturated heterocycles. The number of hydrogen-bond acceptors (Lipinski definition) is 3. The maximum atomic E-state index is 12.3. The topological polar surface area (TPSA) is 44.4 Å². The van der Waals surface area contributed by atoms with Crippen molar-refractivity contribution in [3.8, 4) is 0 Å². The zero-order chi connectivity index (χ0) is 13.8. The highest BCUT2D eigenvalue weighted by Gasteiger charge is 2.21. The normalized spacial score (nSPS) is 12.4. The predicted octanol–water partition coefficient (Wildman–Crippen LogP) is 2.86. The summed E-state index contributed by atoms with van der Waals surface area (Å²) < 4.78 is 0. The highest BCUT2D eigenvalue weighted by molar-refractivity contribution is 5.77. The molecule has 1 unspecified atom stereocenters. The minimum absolute atomic E-state index is 0.139. The molecule has 0 spiro atoms. The lowest BCUT2D eigenvalue weighted by atomic mass is 9.97. The standard InChI is InChI=1S/C14H31N3O/c1-5-9-10-11-12-13(6-2)14(18)17(15-7-3)16-8-4/h13,15-16H,5-12H2,1-4H3. The van der Waals surface area contributed by atoms with Crippen molar-refractivity contribution >= 4 is 5.91 Å². The van der Waals surface area contributed by atoms with Gasteiger partial charge in [-0.2, -0.15) is 0 Å². The van der Waals surface area contributed by atoms with Crippen LogP contribution in [0, 0.1) is 5.92 Å². The summed E-state index contributed by atoms with van der Waals surface area (Å²) in [5.41, 5.74) is 6.14. The van der Waals surface area contributed by atoms with E-state index in [4.69, 9.17) is 0 Å². The molecular weight excluding hydrogens is 226 g/mol.